The Bertz CT molecular complexity index is 1390. The molecule has 6 heteroatoms. The van der Waals surface area contributed by atoms with Crippen LogP contribution in [0.3, 0.4) is 0 Å². The van der Waals surface area contributed by atoms with Crippen molar-refractivity contribution >= 4 is 48.9 Å². The van der Waals surface area contributed by atoms with E-state index in [9.17, 15) is 13.2 Å². The molecule has 1 amide bonds. The first kappa shape index (κ1) is 17.7. The molecule has 5 nitrogen and oxygen atoms in total. The predicted octanol–water partition coefficient (Wildman–Crippen LogP) is 4.53. The number of fused-ring (bicyclic) bond motifs is 1. The highest BCUT2D eigenvalue weighted by atomic mass is 32.2. The van der Waals surface area contributed by atoms with Gasteiger partial charge in [0, 0.05) is 16.5 Å². The van der Waals surface area contributed by atoms with Gasteiger partial charge >= 0.3 is 0 Å². The van der Waals surface area contributed by atoms with E-state index in [0.717, 1.165) is 16.2 Å². The monoisotopic (exact) mass is 402 g/mol. The van der Waals surface area contributed by atoms with E-state index in [4.69, 9.17) is 0 Å². The Morgan fingerprint density at radius 2 is 1.52 bits per heavy atom. The van der Waals surface area contributed by atoms with Crippen LogP contribution in [0.1, 0.15) is 6.92 Å². The number of carbonyl (C=O) groups excluding carboxylic acids is 1. The van der Waals surface area contributed by atoms with Gasteiger partial charge in [-0.25, -0.2) is 8.42 Å². The van der Waals surface area contributed by atoms with E-state index >= 15 is 0 Å². The second-order valence-electron chi connectivity index (χ2n) is 7.12. The van der Waals surface area contributed by atoms with E-state index in [2.05, 4.69) is 5.32 Å². The Morgan fingerprint density at radius 3 is 2.34 bits per heavy atom. The van der Waals surface area contributed by atoms with Crippen molar-refractivity contribution in [3.8, 4) is 0 Å². The summed E-state index contributed by atoms with van der Waals surface area (Å²) in [6.07, 6.45) is 0. The number of amides is 1. The molecule has 0 bridgehead atoms. The third-order valence-electron chi connectivity index (χ3n) is 5.40. The summed E-state index contributed by atoms with van der Waals surface area (Å²) in [6, 6.07) is 23.1. The molecule has 4 aromatic rings. The van der Waals surface area contributed by atoms with Crippen molar-refractivity contribution in [1.82, 2.24) is 0 Å². The Hall–Kier alpha value is -3.38. The smallest absolute Gasteiger partial charge is 0.265 e. The molecular formula is C23H18N2O3S. The highest BCUT2D eigenvalue weighted by molar-refractivity contribution is 7.93. The molecule has 1 heterocycles. The Morgan fingerprint density at radius 1 is 0.862 bits per heavy atom. The van der Waals surface area contributed by atoms with Gasteiger partial charge in [-0.15, -0.1) is 0 Å². The largest absolute Gasteiger partial charge is 0.324 e. The van der Waals surface area contributed by atoms with Gasteiger partial charge in [-0.1, -0.05) is 60.7 Å². The first-order chi connectivity index (χ1) is 14.0. The van der Waals surface area contributed by atoms with E-state index in [1.165, 1.54) is 4.31 Å². The first-order valence-electron chi connectivity index (χ1n) is 9.33. The lowest BCUT2D eigenvalue weighted by Crippen LogP contribution is -2.44. The average Bonchev–Trinajstić information content (AvgIpc) is 2.96. The highest BCUT2D eigenvalue weighted by Gasteiger charge is 2.40. The quantitative estimate of drug-likeness (QED) is 0.548. The molecule has 0 saturated carbocycles. The van der Waals surface area contributed by atoms with Crippen LogP contribution in [0.5, 0.6) is 0 Å². The van der Waals surface area contributed by atoms with Gasteiger partial charge in [0.1, 0.15) is 6.04 Å². The van der Waals surface area contributed by atoms with Gasteiger partial charge in [0.25, 0.3) is 10.0 Å². The Kier molecular flexibility index (Phi) is 3.86. The van der Waals surface area contributed by atoms with Crippen molar-refractivity contribution in [3.05, 3.63) is 78.9 Å². The van der Waals surface area contributed by atoms with E-state index < -0.39 is 16.1 Å². The van der Waals surface area contributed by atoms with Crippen molar-refractivity contribution in [2.75, 3.05) is 9.62 Å². The molecule has 0 aromatic heterocycles. The maximum absolute atomic E-state index is 13.2. The molecule has 0 spiro atoms. The molecule has 1 atom stereocenters. The molecule has 1 aliphatic rings. The van der Waals surface area contributed by atoms with Gasteiger partial charge in [0.05, 0.1) is 10.6 Å². The molecule has 144 valence electrons. The Balaban J connectivity index is 1.55. The van der Waals surface area contributed by atoms with E-state index in [-0.39, 0.29) is 10.8 Å². The summed E-state index contributed by atoms with van der Waals surface area (Å²) in [5.74, 6) is -0.380. The number of nitrogens with zero attached hydrogens (tertiary/aromatic N) is 1. The maximum atomic E-state index is 13.2. The predicted molar refractivity (Wildman–Crippen MR) is 116 cm³/mol. The molecule has 4 aromatic carbocycles. The zero-order valence-corrected chi connectivity index (χ0v) is 16.5. The van der Waals surface area contributed by atoms with Crippen LogP contribution in [0.2, 0.25) is 0 Å². The van der Waals surface area contributed by atoms with E-state index in [0.29, 0.717) is 16.8 Å². The number of nitrogens with one attached hydrogen (secondary N) is 1. The molecule has 0 fully saturated rings. The minimum Gasteiger partial charge on any atom is -0.324 e. The van der Waals surface area contributed by atoms with Gasteiger partial charge in [0.2, 0.25) is 5.91 Å². The lowest BCUT2D eigenvalue weighted by Gasteiger charge is -2.25. The third kappa shape index (κ3) is 2.60. The summed E-state index contributed by atoms with van der Waals surface area (Å²) < 4.78 is 27.7. The fourth-order valence-corrected chi connectivity index (χ4v) is 5.88. The molecule has 1 aliphatic heterocycles. The minimum atomic E-state index is -3.80. The molecule has 5 rings (SSSR count). The zero-order chi connectivity index (χ0) is 20.2. The molecule has 0 radical (unpaired) electrons. The van der Waals surface area contributed by atoms with Crippen molar-refractivity contribution in [3.63, 3.8) is 0 Å². The number of hydrogen-bond donors (Lipinski definition) is 1. The number of rotatable bonds is 3. The SMILES string of the molecule is C[C@H](C(=O)Nc1cccc2ccccc12)N1c2cccc3cccc(c23)S1(=O)=O. The summed E-state index contributed by atoms with van der Waals surface area (Å²) >= 11 is 0. The van der Waals surface area contributed by atoms with E-state index in [1.54, 1.807) is 25.1 Å². The highest BCUT2D eigenvalue weighted by Crippen LogP contribution is 2.43. The minimum absolute atomic E-state index is 0.246. The summed E-state index contributed by atoms with van der Waals surface area (Å²) in [4.78, 5) is 13.3. The second kappa shape index (κ2) is 6.32. The molecule has 0 aliphatic carbocycles. The summed E-state index contributed by atoms with van der Waals surface area (Å²) in [5.41, 5.74) is 1.20. The van der Waals surface area contributed by atoms with Gasteiger partial charge in [-0.3, -0.25) is 9.10 Å². The fraction of sp³-hybridized carbons (Fsp3) is 0.0870. The van der Waals surface area contributed by atoms with Gasteiger partial charge < -0.3 is 5.32 Å². The maximum Gasteiger partial charge on any atom is 0.265 e. The van der Waals surface area contributed by atoms with Crippen LogP contribution in [0.25, 0.3) is 21.5 Å². The Labute approximate surface area is 168 Å². The van der Waals surface area contributed by atoms with Crippen molar-refractivity contribution in [1.29, 1.82) is 0 Å². The first-order valence-corrected chi connectivity index (χ1v) is 10.8. The number of sulfonamides is 1. The van der Waals surface area contributed by atoms with Crippen LogP contribution in [0.4, 0.5) is 11.4 Å². The fourth-order valence-electron chi connectivity index (χ4n) is 4.02. The number of benzene rings is 4. The van der Waals surface area contributed by atoms with Gasteiger partial charge in [0.15, 0.2) is 0 Å². The van der Waals surface area contributed by atoms with Crippen LogP contribution in [-0.4, -0.2) is 20.4 Å². The van der Waals surface area contributed by atoms with E-state index in [1.807, 2.05) is 60.7 Å². The second-order valence-corrected chi connectivity index (χ2v) is 8.91. The van der Waals surface area contributed by atoms with Crippen molar-refractivity contribution in [2.45, 2.75) is 17.9 Å². The summed E-state index contributed by atoms with van der Waals surface area (Å²) in [7, 11) is -3.80. The van der Waals surface area contributed by atoms with Crippen LogP contribution in [0, 0.1) is 0 Å². The molecule has 0 unspecified atom stereocenters. The van der Waals surface area contributed by atoms with Gasteiger partial charge in [-0.2, -0.15) is 0 Å². The third-order valence-corrected chi connectivity index (χ3v) is 7.32. The number of carbonyl (C=O) groups is 1. The molecule has 29 heavy (non-hydrogen) atoms. The van der Waals surface area contributed by atoms with Crippen LogP contribution in [-0.2, 0) is 14.8 Å². The van der Waals surface area contributed by atoms with Crippen molar-refractivity contribution in [2.24, 2.45) is 0 Å². The van der Waals surface area contributed by atoms with Crippen molar-refractivity contribution < 1.29 is 13.2 Å². The summed E-state index contributed by atoms with van der Waals surface area (Å²) in [6.45, 7) is 1.61. The topological polar surface area (TPSA) is 66.5 Å². The zero-order valence-electron chi connectivity index (χ0n) is 15.7. The molecule has 1 N–H and O–H groups in total. The number of anilines is 2. The standard InChI is InChI=1S/C23H18N2O3S/c1-15(23(26)24-19-12-4-8-16-7-2-3-11-18(16)19)25-20-13-5-9-17-10-6-14-21(22(17)20)29(25,27)28/h2-15H,1H3,(H,24,26)/t15-/m1/s1. The summed E-state index contributed by atoms with van der Waals surface area (Å²) in [5, 5.41) is 6.33. The van der Waals surface area contributed by atoms with Crippen LogP contribution >= 0.6 is 0 Å². The number of hydrogen-bond acceptors (Lipinski definition) is 3. The average molecular weight is 402 g/mol. The molecular weight excluding hydrogens is 384 g/mol. The lowest BCUT2D eigenvalue weighted by molar-refractivity contribution is -0.116. The van der Waals surface area contributed by atoms with Crippen LogP contribution < -0.4 is 9.62 Å². The molecule has 0 saturated heterocycles. The van der Waals surface area contributed by atoms with Crippen LogP contribution in [0.15, 0.2) is 83.8 Å². The van der Waals surface area contributed by atoms with Gasteiger partial charge in [-0.05, 0) is 35.9 Å². The normalized spacial score (nSPS) is 15.6. The lowest BCUT2D eigenvalue weighted by atomic mass is 10.1.